The van der Waals surface area contributed by atoms with Crippen LogP contribution in [0.3, 0.4) is 0 Å². The summed E-state index contributed by atoms with van der Waals surface area (Å²) in [4.78, 5) is 17.4. The molecule has 2 N–H and O–H groups in total. The topological polar surface area (TPSA) is 66.8 Å². The van der Waals surface area contributed by atoms with Gasteiger partial charge in [-0.3, -0.25) is 9.79 Å². The Kier molecular flexibility index (Phi) is 4.81. The second-order valence-electron chi connectivity index (χ2n) is 3.41. The number of phosphoric acid groups is 1. The molecule has 0 aliphatic heterocycles. The van der Waals surface area contributed by atoms with Crippen LogP contribution in [0.1, 0.15) is 25.3 Å². The van der Waals surface area contributed by atoms with Gasteiger partial charge in [-0.2, -0.15) is 0 Å². The van der Waals surface area contributed by atoms with E-state index in [4.69, 9.17) is 21.4 Å². The van der Waals surface area contributed by atoms with E-state index in [1.54, 1.807) is 6.07 Å². The van der Waals surface area contributed by atoms with Gasteiger partial charge in [0.05, 0.1) is 5.02 Å². The van der Waals surface area contributed by atoms with Crippen molar-refractivity contribution in [2.24, 2.45) is 0 Å². The predicted molar refractivity (Wildman–Crippen MR) is 62.7 cm³/mol. The van der Waals surface area contributed by atoms with Crippen molar-refractivity contribution in [3.8, 4) is 5.75 Å². The van der Waals surface area contributed by atoms with Gasteiger partial charge in [0, 0.05) is 0 Å². The van der Waals surface area contributed by atoms with Crippen LogP contribution < -0.4 is 4.52 Å². The van der Waals surface area contributed by atoms with Crippen LogP contribution in [0, 0.1) is 0 Å². The minimum absolute atomic E-state index is 0.0311. The van der Waals surface area contributed by atoms with Gasteiger partial charge in [0.15, 0.2) is 0 Å². The summed E-state index contributed by atoms with van der Waals surface area (Å²) in [5, 5.41) is 0.277. The molecule has 0 aliphatic carbocycles. The van der Waals surface area contributed by atoms with E-state index in [0.717, 1.165) is 24.8 Å². The fraction of sp³-hybridized carbons (Fsp3) is 0.400. The lowest BCUT2D eigenvalue weighted by atomic mass is 10.1. The summed E-state index contributed by atoms with van der Waals surface area (Å²) in [6.45, 7) is 2.06. The van der Waals surface area contributed by atoms with E-state index in [-0.39, 0.29) is 10.8 Å². The van der Waals surface area contributed by atoms with Crippen LogP contribution in [0.4, 0.5) is 0 Å². The average molecular weight is 265 g/mol. The van der Waals surface area contributed by atoms with E-state index in [0.29, 0.717) is 0 Å². The number of phosphoric ester groups is 1. The summed E-state index contributed by atoms with van der Waals surface area (Å²) in [5.41, 5.74) is 0.842. The van der Waals surface area contributed by atoms with E-state index in [9.17, 15) is 4.57 Å². The van der Waals surface area contributed by atoms with Crippen LogP contribution >= 0.6 is 19.4 Å². The SMILES string of the molecule is CCCCc1cccc(OP(=O)(O)O)c1Cl. The normalized spacial score (nSPS) is 11.5. The molecule has 0 spiro atoms. The monoisotopic (exact) mass is 264 g/mol. The van der Waals surface area contributed by atoms with Gasteiger partial charge in [-0.1, -0.05) is 37.1 Å². The lowest BCUT2D eigenvalue weighted by Crippen LogP contribution is -1.94. The second kappa shape index (κ2) is 5.69. The van der Waals surface area contributed by atoms with E-state index in [2.05, 4.69) is 11.4 Å². The Balaban J connectivity index is 2.90. The van der Waals surface area contributed by atoms with Crippen molar-refractivity contribution in [3.05, 3.63) is 28.8 Å². The third-order valence-corrected chi connectivity index (χ3v) is 2.92. The number of rotatable bonds is 5. The zero-order chi connectivity index (χ0) is 12.2. The molecule has 90 valence electrons. The largest absolute Gasteiger partial charge is 0.524 e. The molecule has 4 nitrogen and oxygen atoms in total. The van der Waals surface area contributed by atoms with Crippen molar-refractivity contribution < 1.29 is 18.9 Å². The van der Waals surface area contributed by atoms with Gasteiger partial charge in [-0.25, -0.2) is 4.57 Å². The fourth-order valence-electron chi connectivity index (χ4n) is 1.32. The molecule has 0 bridgehead atoms. The van der Waals surface area contributed by atoms with Crippen molar-refractivity contribution in [2.45, 2.75) is 26.2 Å². The summed E-state index contributed by atoms with van der Waals surface area (Å²) in [5.74, 6) is 0.0311. The van der Waals surface area contributed by atoms with E-state index in [1.165, 1.54) is 6.07 Å². The Morgan fingerprint density at radius 1 is 1.44 bits per heavy atom. The lowest BCUT2D eigenvalue weighted by Gasteiger charge is -2.11. The molecule has 1 aromatic rings. The number of aryl methyl sites for hydroxylation is 1. The standard InChI is InChI=1S/C10H14ClO4P/c1-2-3-5-8-6-4-7-9(10(8)11)15-16(12,13)14/h4,6-7H,2-3,5H2,1H3,(H2,12,13,14). The Morgan fingerprint density at radius 2 is 2.12 bits per heavy atom. The van der Waals surface area contributed by atoms with Crippen LogP contribution in [-0.4, -0.2) is 9.79 Å². The molecule has 0 unspecified atom stereocenters. The molecule has 1 aromatic carbocycles. The summed E-state index contributed by atoms with van der Waals surface area (Å²) in [6.07, 6.45) is 2.77. The van der Waals surface area contributed by atoms with Gasteiger partial charge in [-0.15, -0.1) is 0 Å². The number of unbranched alkanes of at least 4 members (excludes halogenated alkanes) is 1. The molecule has 0 atom stereocenters. The fourth-order valence-corrected chi connectivity index (χ4v) is 2.04. The van der Waals surface area contributed by atoms with Crippen molar-refractivity contribution in [2.75, 3.05) is 0 Å². The number of hydrogen-bond acceptors (Lipinski definition) is 2. The molecule has 0 aliphatic rings. The molecule has 1 rings (SSSR count). The maximum absolute atomic E-state index is 10.7. The molecular formula is C10H14ClO4P. The van der Waals surface area contributed by atoms with E-state index in [1.807, 2.05) is 6.07 Å². The maximum atomic E-state index is 10.7. The van der Waals surface area contributed by atoms with Gasteiger partial charge >= 0.3 is 7.82 Å². The Hall–Kier alpha value is -0.540. The summed E-state index contributed by atoms with van der Waals surface area (Å²) in [7, 11) is -4.54. The van der Waals surface area contributed by atoms with Crippen LogP contribution in [0.5, 0.6) is 5.75 Å². The van der Waals surface area contributed by atoms with E-state index >= 15 is 0 Å². The smallest absolute Gasteiger partial charge is 0.403 e. The van der Waals surface area contributed by atoms with Gasteiger partial charge in [-0.05, 0) is 24.5 Å². The molecule has 16 heavy (non-hydrogen) atoms. The molecule has 0 heterocycles. The Bertz CT molecular complexity index is 402. The zero-order valence-corrected chi connectivity index (χ0v) is 10.5. The highest BCUT2D eigenvalue weighted by molar-refractivity contribution is 7.46. The molecule has 0 aromatic heterocycles. The number of hydrogen-bond donors (Lipinski definition) is 2. The zero-order valence-electron chi connectivity index (χ0n) is 8.89. The maximum Gasteiger partial charge on any atom is 0.524 e. The molecule has 0 saturated carbocycles. The highest BCUT2D eigenvalue weighted by atomic mass is 35.5. The first-order valence-corrected chi connectivity index (χ1v) is 6.87. The lowest BCUT2D eigenvalue weighted by molar-refractivity contribution is 0.283. The van der Waals surface area contributed by atoms with Crippen LogP contribution in [0.15, 0.2) is 18.2 Å². The first-order valence-electron chi connectivity index (χ1n) is 4.96. The second-order valence-corrected chi connectivity index (χ2v) is 4.96. The third kappa shape index (κ3) is 4.14. The molecule has 0 radical (unpaired) electrons. The van der Waals surface area contributed by atoms with Gasteiger partial charge < -0.3 is 4.52 Å². The van der Waals surface area contributed by atoms with Gasteiger partial charge in [0.2, 0.25) is 0 Å². The van der Waals surface area contributed by atoms with Crippen molar-refractivity contribution in [1.29, 1.82) is 0 Å². The molecule has 0 saturated heterocycles. The number of benzene rings is 1. The summed E-state index contributed by atoms with van der Waals surface area (Å²) >= 11 is 5.98. The molecular weight excluding hydrogens is 251 g/mol. The molecule has 0 fully saturated rings. The molecule has 0 amide bonds. The van der Waals surface area contributed by atoms with Crippen molar-refractivity contribution in [3.63, 3.8) is 0 Å². The number of halogens is 1. The minimum atomic E-state index is -4.54. The van der Waals surface area contributed by atoms with Crippen LogP contribution in [0.25, 0.3) is 0 Å². The van der Waals surface area contributed by atoms with Crippen LogP contribution in [-0.2, 0) is 11.0 Å². The summed E-state index contributed by atoms with van der Waals surface area (Å²) < 4.78 is 15.2. The Labute approximate surface area is 99.4 Å². The van der Waals surface area contributed by atoms with E-state index < -0.39 is 7.82 Å². The van der Waals surface area contributed by atoms with Crippen molar-refractivity contribution in [1.82, 2.24) is 0 Å². The quantitative estimate of drug-likeness (QED) is 0.802. The van der Waals surface area contributed by atoms with Gasteiger partial charge in [0.1, 0.15) is 5.75 Å². The van der Waals surface area contributed by atoms with Crippen LogP contribution in [0.2, 0.25) is 5.02 Å². The highest BCUT2D eigenvalue weighted by Gasteiger charge is 2.18. The minimum Gasteiger partial charge on any atom is -0.403 e. The third-order valence-electron chi connectivity index (χ3n) is 2.06. The summed E-state index contributed by atoms with van der Waals surface area (Å²) in [6, 6.07) is 4.93. The average Bonchev–Trinajstić information content (AvgIpc) is 2.17. The van der Waals surface area contributed by atoms with Gasteiger partial charge in [0.25, 0.3) is 0 Å². The first-order chi connectivity index (χ1) is 7.44. The predicted octanol–water partition coefficient (Wildman–Crippen LogP) is 3.15. The first kappa shape index (κ1) is 13.5. The highest BCUT2D eigenvalue weighted by Crippen LogP contribution is 2.41. The Morgan fingerprint density at radius 3 is 2.69 bits per heavy atom. The molecule has 6 heteroatoms. The van der Waals surface area contributed by atoms with Crippen molar-refractivity contribution >= 4 is 19.4 Å².